The van der Waals surface area contributed by atoms with Crippen molar-refractivity contribution < 1.29 is 24.2 Å². The van der Waals surface area contributed by atoms with Gasteiger partial charge in [-0.25, -0.2) is 4.79 Å². The summed E-state index contributed by atoms with van der Waals surface area (Å²) in [5.41, 5.74) is 2.50. The minimum absolute atomic E-state index is 0.167. The lowest BCUT2D eigenvalue weighted by atomic mass is 9.99. The first kappa shape index (κ1) is 25.9. The number of benzene rings is 1. The van der Waals surface area contributed by atoms with Gasteiger partial charge in [0.15, 0.2) is 0 Å². The molecule has 1 aromatic carbocycles. The number of hydrogen-bond donors (Lipinski definition) is 3. The van der Waals surface area contributed by atoms with Crippen LogP contribution >= 0.6 is 21.6 Å². The van der Waals surface area contributed by atoms with Gasteiger partial charge < -0.3 is 20.5 Å². The van der Waals surface area contributed by atoms with Gasteiger partial charge in [0.05, 0.1) is 18.4 Å². The largest absolute Gasteiger partial charge is 0.515 e. The molecule has 30 heavy (non-hydrogen) atoms. The Hall–Kier alpha value is -2.13. The second-order valence-electron chi connectivity index (χ2n) is 6.60. The zero-order valence-electron chi connectivity index (χ0n) is 17.6. The highest BCUT2D eigenvalue weighted by Crippen LogP contribution is 2.19. The van der Waals surface area contributed by atoms with E-state index in [2.05, 4.69) is 29.2 Å². The highest BCUT2D eigenvalue weighted by Gasteiger charge is 2.13. The van der Waals surface area contributed by atoms with Crippen molar-refractivity contribution in [2.45, 2.75) is 33.1 Å². The quantitative estimate of drug-likeness (QED) is 0.111. The van der Waals surface area contributed by atoms with Crippen molar-refractivity contribution in [1.29, 1.82) is 0 Å². The summed E-state index contributed by atoms with van der Waals surface area (Å²) in [7, 11) is 3.07. The van der Waals surface area contributed by atoms with Gasteiger partial charge in [0.2, 0.25) is 0 Å². The number of aliphatic hydroxyl groups is 1. The molecule has 0 spiro atoms. The lowest BCUT2D eigenvalue weighted by Gasteiger charge is -2.10. The van der Waals surface area contributed by atoms with Gasteiger partial charge in [-0.15, -0.1) is 0 Å². The Balaban J connectivity index is 2.20. The monoisotopic (exact) mass is 454 g/mol. The predicted molar refractivity (Wildman–Crippen MR) is 123 cm³/mol. The summed E-state index contributed by atoms with van der Waals surface area (Å²) in [6, 6.07) is 8.02. The summed E-state index contributed by atoms with van der Waals surface area (Å²) in [5.74, 6) is -0.169. The highest BCUT2D eigenvalue weighted by atomic mass is 33.1. The molecular formula is C21H30N2O5S2. The lowest BCUT2D eigenvalue weighted by Crippen LogP contribution is -2.33. The third-order valence-electron chi connectivity index (χ3n) is 3.97. The number of nitrogens with one attached hydrogen (secondary N) is 2. The molecule has 0 saturated heterocycles. The van der Waals surface area contributed by atoms with E-state index in [0.29, 0.717) is 42.5 Å². The predicted octanol–water partition coefficient (Wildman–Crippen LogP) is 2.97. The Morgan fingerprint density at radius 3 is 2.10 bits per heavy atom. The molecule has 0 unspecified atom stereocenters. The fourth-order valence-corrected chi connectivity index (χ4v) is 4.15. The Kier molecular flexibility index (Phi) is 12.8. The smallest absolute Gasteiger partial charge is 0.396 e. The van der Waals surface area contributed by atoms with E-state index in [4.69, 9.17) is 0 Å². The minimum atomic E-state index is -0.874. The van der Waals surface area contributed by atoms with Gasteiger partial charge in [-0.2, -0.15) is 0 Å². The van der Waals surface area contributed by atoms with Crippen molar-refractivity contribution in [2.24, 2.45) is 0 Å². The normalized spacial score (nSPS) is 11.3. The van der Waals surface area contributed by atoms with E-state index in [1.165, 1.54) is 16.4 Å². The SMILES string of the molecule is CCOC(=O)C(=O)NCCSSCCNC(=O)/C(=C/O)Cc1ccc(C(C)C)cc1. The first-order chi connectivity index (χ1) is 14.4. The second-order valence-corrected chi connectivity index (χ2v) is 9.31. The van der Waals surface area contributed by atoms with Crippen LogP contribution in [0.4, 0.5) is 0 Å². The van der Waals surface area contributed by atoms with E-state index < -0.39 is 11.9 Å². The van der Waals surface area contributed by atoms with Crippen molar-refractivity contribution in [3.05, 3.63) is 47.2 Å². The molecule has 3 N–H and O–H groups in total. The van der Waals surface area contributed by atoms with Crippen molar-refractivity contribution in [3.63, 3.8) is 0 Å². The van der Waals surface area contributed by atoms with Gasteiger partial charge in [-0.3, -0.25) is 9.59 Å². The van der Waals surface area contributed by atoms with Crippen LogP contribution in [0, 0.1) is 0 Å². The van der Waals surface area contributed by atoms with Crippen molar-refractivity contribution >= 4 is 39.4 Å². The first-order valence-corrected chi connectivity index (χ1v) is 12.3. The molecule has 9 heteroatoms. The maximum atomic E-state index is 12.2. The number of carbonyl (C=O) groups is 3. The number of carbonyl (C=O) groups excluding carboxylic acids is 3. The maximum Gasteiger partial charge on any atom is 0.396 e. The molecule has 166 valence electrons. The number of esters is 1. The van der Waals surface area contributed by atoms with E-state index in [1.807, 2.05) is 24.3 Å². The average molecular weight is 455 g/mol. The molecule has 0 saturated carbocycles. The van der Waals surface area contributed by atoms with Crippen LogP contribution in [-0.4, -0.2) is 54.1 Å². The lowest BCUT2D eigenvalue weighted by molar-refractivity contribution is -0.154. The summed E-state index contributed by atoms with van der Waals surface area (Å²) in [4.78, 5) is 34.7. The molecule has 7 nitrogen and oxygen atoms in total. The summed E-state index contributed by atoms with van der Waals surface area (Å²) < 4.78 is 4.59. The van der Waals surface area contributed by atoms with Gasteiger partial charge >= 0.3 is 11.9 Å². The third kappa shape index (κ3) is 10.1. The molecular weight excluding hydrogens is 424 g/mol. The molecule has 0 atom stereocenters. The number of ether oxygens (including phenoxy) is 1. The van der Waals surface area contributed by atoms with E-state index in [1.54, 1.807) is 17.7 Å². The van der Waals surface area contributed by atoms with E-state index in [9.17, 15) is 19.5 Å². The molecule has 0 radical (unpaired) electrons. The number of aliphatic hydroxyl groups excluding tert-OH is 1. The number of hydrogen-bond acceptors (Lipinski definition) is 7. The van der Waals surface area contributed by atoms with Gasteiger partial charge in [0.25, 0.3) is 5.91 Å². The van der Waals surface area contributed by atoms with Crippen LogP contribution < -0.4 is 10.6 Å². The Morgan fingerprint density at radius 2 is 1.60 bits per heavy atom. The minimum Gasteiger partial charge on any atom is -0.515 e. The third-order valence-corrected chi connectivity index (χ3v) is 6.38. The summed E-state index contributed by atoms with van der Waals surface area (Å²) >= 11 is 0. The number of amides is 2. The van der Waals surface area contributed by atoms with Gasteiger partial charge in [0.1, 0.15) is 0 Å². The molecule has 0 heterocycles. The Morgan fingerprint density at radius 1 is 1.03 bits per heavy atom. The average Bonchev–Trinajstić information content (AvgIpc) is 2.73. The van der Waals surface area contributed by atoms with Crippen molar-refractivity contribution in [3.8, 4) is 0 Å². The Bertz CT molecular complexity index is 721. The van der Waals surface area contributed by atoms with Crippen LogP contribution in [0.25, 0.3) is 0 Å². The molecule has 0 aliphatic heterocycles. The summed E-state index contributed by atoms with van der Waals surface area (Å²) in [5, 5.41) is 14.7. The fourth-order valence-electron chi connectivity index (χ4n) is 2.34. The first-order valence-electron chi connectivity index (χ1n) is 9.78. The van der Waals surface area contributed by atoms with Crippen molar-refractivity contribution in [1.82, 2.24) is 10.6 Å². The van der Waals surface area contributed by atoms with Crippen LogP contribution in [0.15, 0.2) is 36.1 Å². The van der Waals surface area contributed by atoms with Gasteiger partial charge in [0, 0.05) is 31.0 Å². The molecule has 0 aromatic heterocycles. The molecule has 1 rings (SSSR count). The van der Waals surface area contributed by atoms with Gasteiger partial charge in [-0.05, 0) is 24.0 Å². The molecule has 1 aromatic rings. The zero-order chi connectivity index (χ0) is 22.4. The highest BCUT2D eigenvalue weighted by molar-refractivity contribution is 8.76. The van der Waals surface area contributed by atoms with Crippen LogP contribution in [-0.2, 0) is 25.5 Å². The van der Waals surface area contributed by atoms with E-state index in [0.717, 1.165) is 11.8 Å². The van der Waals surface area contributed by atoms with E-state index >= 15 is 0 Å². The molecule has 0 aliphatic rings. The van der Waals surface area contributed by atoms with Crippen LogP contribution in [0.5, 0.6) is 0 Å². The molecule has 0 bridgehead atoms. The fraction of sp³-hybridized carbons (Fsp3) is 0.476. The van der Waals surface area contributed by atoms with Crippen LogP contribution in [0.1, 0.15) is 37.8 Å². The van der Waals surface area contributed by atoms with Crippen molar-refractivity contribution in [2.75, 3.05) is 31.2 Å². The molecule has 0 fully saturated rings. The van der Waals surface area contributed by atoms with E-state index in [-0.39, 0.29) is 12.5 Å². The standard InChI is InChI=1S/C21H30N2O5S2/c1-4-28-21(27)20(26)23-10-12-30-29-11-9-22-19(25)18(14-24)13-16-5-7-17(8-6-16)15(2)3/h5-8,14-15,24H,4,9-13H2,1-3H3,(H,22,25)(H,23,26)/b18-14+. The second kappa shape index (κ2) is 14.8. The zero-order valence-corrected chi connectivity index (χ0v) is 19.2. The van der Waals surface area contributed by atoms with Crippen LogP contribution in [0.3, 0.4) is 0 Å². The summed E-state index contributed by atoms with van der Waals surface area (Å²) in [6.45, 7) is 6.86. The topological polar surface area (TPSA) is 105 Å². The molecule has 2 amide bonds. The summed E-state index contributed by atoms with van der Waals surface area (Å²) in [6.07, 6.45) is 1.22. The molecule has 0 aliphatic carbocycles. The maximum absolute atomic E-state index is 12.2. The number of rotatable bonds is 12. The Labute approximate surface area is 185 Å². The van der Waals surface area contributed by atoms with Gasteiger partial charge in [-0.1, -0.05) is 59.7 Å². The van der Waals surface area contributed by atoms with Crippen LogP contribution in [0.2, 0.25) is 0 Å².